The van der Waals surface area contributed by atoms with Crippen LogP contribution in [0.15, 0.2) is 16.6 Å². The van der Waals surface area contributed by atoms with Crippen molar-refractivity contribution in [1.82, 2.24) is 4.90 Å². The maximum atomic E-state index is 5.91. The van der Waals surface area contributed by atoms with Crippen molar-refractivity contribution in [3.05, 3.63) is 22.2 Å². The number of likely N-dealkylation sites (N-methyl/N-ethyl adjacent to an activating group) is 1. The standard InChI is InChI=1S/C15H23BrN2O2/c1-18(13(8-17)10-4-5-10)9-11-6-15(20-3)12(16)7-14(11)19-2/h6-7,10,13H,4-5,8-9,17H2,1-3H3. The van der Waals surface area contributed by atoms with Gasteiger partial charge in [-0.2, -0.15) is 0 Å². The Hall–Kier alpha value is -0.780. The van der Waals surface area contributed by atoms with Gasteiger partial charge in [0.25, 0.3) is 0 Å². The fraction of sp³-hybridized carbons (Fsp3) is 0.600. The largest absolute Gasteiger partial charge is 0.496 e. The summed E-state index contributed by atoms with van der Waals surface area (Å²) in [7, 11) is 5.50. The second-order valence-electron chi connectivity index (χ2n) is 5.35. The van der Waals surface area contributed by atoms with Crippen LogP contribution >= 0.6 is 15.9 Å². The Bertz CT molecular complexity index is 463. The molecule has 0 aliphatic heterocycles. The molecule has 1 aromatic rings. The van der Waals surface area contributed by atoms with Gasteiger partial charge in [0.15, 0.2) is 0 Å². The number of benzene rings is 1. The molecule has 0 aromatic heterocycles. The van der Waals surface area contributed by atoms with E-state index < -0.39 is 0 Å². The minimum absolute atomic E-state index is 0.453. The van der Waals surface area contributed by atoms with Crippen molar-refractivity contribution in [3.63, 3.8) is 0 Å². The van der Waals surface area contributed by atoms with Crippen LogP contribution in [0.3, 0.4) is 0 Å². The van der Waals surface area contributed by atoms with Crippen LogP contribution in [0.4, 0.5) is 0 Å². The van der Waals surface area contributed by atoms with Gasteiger partial charge < -0.3 is 15.2 Å². The van der Waals surface area contributed by atoms with E-state index in [1.165, 1.54) is 12.8 Å². The molecule has 0 spiro atoms. The Labute approximate surface area is 129 Å². The van der Waals surface area contributed by atoms with E-state index in [4.69, 9.17) is 15.2 Å². The van der Waals surface area contributed by atoms with Crippen molar-refractivity contribution < 1.29 is 9.47 Å². The van der Waals surface area contributed by atoms with Crippen LogP contribution < -0.4 is 15.2 Å². The monoisotopic (exact) mass is 342 g/mol. The van der Waals surface area contributed by atoms with Gasteiger partial charge >= 0.3 is 0 Å². The topological polar surface area (TPSA) is 47.7 Å². The van der Waals surface area contributed by atoms with Gasteiger partial charge in [0.1, 0.15) is 11.5 Å². The molecule has 0 amide bonds. The van der Waals surface area contributed by atoms with Crippen molar-refractivity contribution in [1.29, 1.82) is 0 Å². The Morgan fingerprint density at radius 1 is 1.30 bits per heavy atom. The molecule has 4 nitrogen and oxygen atoms in total. The maximum absolute atomic E-state index is 5.91. The number of rotatable bonds is 7. The summed E-state index contributed by atoms with van der Waals surface area (Å²) >= 11 is 3.49. The summed E-state index contributed by atoms with van der Waals surface area (Å²) in [5.74, 6) is 2.45. The molecule has 1 aliphatic rings. The van der Waals surface area contributed by atoms with Crippen molar-refractivity contribution in [2.75, 3.05) is 27.8 Å². The summed E-state index contributed by atoms with van der Waals surface area (Å²) in [6, 6.07) is 4.44. The van der Waals surface area contributed by atoms with Gasteiger partial charge in [0.05, 0.1) is 18.7 Å². The molecule has 0 bridgehead atoms. The Kier molecular flexibility index (Phi) is 5.29. The third-order valence-electron chi connectivity index (χ3n) is 3.95. The normalized spacial score (nSPS) is 16.3. The first-order valence-electron chi connectivity index (χ1n) is 6.91. The predicted octanol–water partition coefficient (Wildman–Crippen LogP) is 2.64. The average Bonchev–Trinajstić information content (AvgIpc) is 3.25. The summed E-state index contributed by atoms with van der Waals surface area (Å²) < 4.78 is 11.7. The van der Waals surface area contributed by atoms with E-state index in [1.807, 2.05) is 12.1 Å². The molecule has 1 aromatic carbocycles. The average molecular weight is 343 g/mol. The first-order chi connectivity index (χ1) is 9.60. The number of nitrogens with two attached hydrogens (primary N) is 1. The zero-order valence-corrected chi connectivity index (χ0v) is 13.9. The third kappa shape index (κ3) is 3.45. The van der Waals surface area contributed by atoms with Crippen LogP contribution in [-0.2, 0) is 6.54 Å². The minimum atomic E-state index is 0.453. The Morgan fingerprint density at radius 2 is 1.95 bits per heavy atom. The summed E-state index contributed by atoms with van der Waals surface area (Å²) in [5.41, 5.74) is 7.03. The fourth-order valence-electron chi connectivity index (χ4n) is 2.65. The molecule has 112 valence electrons. The SMILES string of the molecule is COc1cc(CN(C)C(CN)C2CC2)c(OC)cc1Br. The number of hydrogen-bond donors (Lipinski definition) is 1. The predicted molar refractivity (Wildman–Crippen MR) is 84.3 cm³/mol. The summed E-state index contributed by atoms with van der Waals surface area (Å²) in [6.45, 7) is 1.52. The summed E-state index contributed by atoms with van der Waals surface area (Å²) in [4.78, 5) is 2.32. The van der Waals surface area contributed by atoms with Crippen LogP contribution in [0, 0.1) is 5.92 Å². The highest BCUT2D eigenvalue weighted by molar-refractivity contribution is 9.10. The molecular formula is C15H23BrN2O2. The lowest BCUT2D eigenvalue weighted by Gasteiger charge is -2.27. The summed E-state index contributed by atoms with van der Waals surface area (Å²) in [6.07, 6.45) is 2.60. The molecule has 1 fully saturated rings. The smallest absolute Gasteiger partial charge is 0.133 e. The molecule has 0 saturated heterocycles. The van der Waals surface area contributed by atoms with E-state index in [2.05, 4.69) is 27.9 Å². The van der Waals surface area contributed by atoms with E-state index in [1.54, 1.807) is 14.2 Å². The quantitative estimate of drug-likeness (QED) is 0.827. The zero-order valence-electron chi connectivity index (χ0n) is 12.4. The minimum Gasteiger partial charge on any atom is -0.496 e. The van der Waals surface area contributed by atoms with Crippen molar-refractivity contribution in [2.24, 2.45) is 11.7 Å². The Morgan fingerprint density at radius 3 is 2.45 bits per heavy atom. The molecule has 5 heteroatoms. The van der Waals surface area contributed by atoms with Crippen LogP contribution in [0.1, 0.15) is 18.4 Å². The highest BCUT2D eigenvalue weighted by Gasteiger charge is 2.33. The maximum Gasteiger partial charge on any atom is 0.133 e. The van der Waals surface area contributed by atoms with Crippen LogP contribution in [0.5, 0.6) is 11.5 Å². The van der Waals surface area contributed by atoms with Crippen LogP contribution in [0.2, 0.25) is 0 Å². The number of nitrogens with zero attached hydrogens (tertiary/aromatic N) is 1. The summed E-state index contributed by atoms with van der Waals surface area (Å²) in [5, 5.41) is 0. The van der Waals surface area contributed by atoms with Crippen molar-refractivity contribution >= 4 is 15.9 Å². The van der Waals surface area contributed by atoms with Gasteiger partial charge in [-0.25, -0.2) is 0 Å². The number of ether oxygens (including phenoxy) is 2. The zero-order chi connectivity index (χ0) is 14.7. The number of halogens is 1. The van der Waals surface area contributed by atoms with E-state index in [0.29, 0.717) is 12.6 Å². The van der Waals surface area contributed by atoms with E-state index in [-0.39, 0.29) is 0 Å². The van der Waals surface area contributed by atoms with Crippen molar-refractivity contribution in [3.8, 4) is 11.5 Å². The molecule has 1 aliphatic carbocycles. The molecule has 1 saturated carbocycles. The molecular weight excluding hydrogens is 320 g/mol. The fourth-order valence-corrected chi connectivity index (χ4v) is 3.13. The highest BCUT2D eigenvalue weighted by Crippen LogP contribution is 2.37. The molecule has 1 atom stereocenters. The Balaban J connectivity index is 2.18. The van der Waals surface area contributed by atoms with Gasteiger partial charge in [-0.15, -0.1) is 0 Å². The van der Waals surface area contributed by atoms with E-state index >= 15 is 0 Å². The van der Waals surface area contributed by atoms with Gasteiger partial charge in [-0.1, -0.05) is 0 Å². The first-order valence-corrected chi connectivity index (χ1v) is 7.70. The molecule has 2 N–H and O–H groups in total. The third-order valence-corrected chi connectivity index (χ3v) is 4.57. The molecule has 0 heterocycles. The lowest BCUT2D eigenvalue weighted by molar-refractivity contribution is 0.212. The van der Waals surface area contributed by atoms with Crippen LogP contribution in [0.25, 0.3) is 0 Å². The second-order valence-corrected chi connectivity index (χ2v) is 6.21. The molecule has 20 heavy (non-hydrogen) atoms. The van der Waals surface area contributed by atoms with Gasteiger partial charge in [0.2, 0.25) is 0 Å². The lowest BCUT2D eigenvalue weighted by Crippen LogP contribution is -2.39. The van der Waals surface area contributed by atoms with E-state index in [0.717, 1.165) is 34.0 Å². The molecule has 1 unspecified atom stereocenters. The number of methoxy groups -OCH3 is 2. The lowest BCUT2D eigenvalue weighted by atomic mass is 10.1. The molecule has 0 radical (unpaired) electrons. The number of hydrogen-bond acceptors (Lipinski definition) is 4. The first kappa shape index (κ1) is 15.6. The van der Waals surface area contributed by atoms with Gasteiger partial charge in [-0.3, -0.25) is 4.90 Å². The van der Waals surface area contributed by atoms with Crippen LogP contribution in [-0.4, -0.2) is 38.8 Å². The highest BCUT2D eigenvalue weighted by atomic mass is 79.9. The van der Waals surface area contributed by atoms with Gasteiger partial charge in [-0.05, 0) is 53.9 Å². The van der Waals surface area contributed by atoms with Gasteiger partial charge in [0, 0.05) is 24.7 Å². The second kappa shape index (κ2) is 6.78. The van der Waals surface area contributed by atoms with E-state index in [9.17, 15) is 0 Å². The molecule has 2 rings (SSSR count). The van der Waals surface area contributed by atoms with Crippen molar-refractivity contribution in [2.45, 2.75) is 25.4 Å².